The van der Waals surface area contributed by atoms with Crippen LogP contribution in [-0.4, -0.2) is 46.5 Å². The number of aliphatic imine (C=N–C) groups is 1. The molecule has 0 atom stereocenters. The fraction of sp³-hybridized carbons (Fsp3) is 0.643. The molecule has 2 N–H and O–H groups in total. The maximum Gasteiger partial charge on any atom is 0.191 e. The molecule has 0 radical (unpaired) electrons. The Morgan fingerprint density at radius 2 is 2.10 bits per heavy atom. The minimum Gasteiger partial charge on any atom is -0.467 e. The number of nitrogens with one attached hydrogen (secondary N) is 2. The Morgan fingerprint density at radius 1 is 1.24 bits per heavy atom. The first-order chi connectivity index (χ1) is 9.86. The van der Waals surface area contributed by atoms with Gasteiger partial charge in [0.25, 0.3) is 0 Å². The molecule has 1 aromatic heterocycles. The molecule has 122 valence electrons. The number of nitrogens with zero attached hydrogens (tertiary/aromatic N) is 1. The molecule has 0 aliphatic carbocycles. The molecule has 0 fully saturated rings. The fourth-order valence-corrected chi connectivity index (χ4v) is 1.58. The minimum absolute atomic E-state index is 0. The lowest BCUT2D eigenvalue weighted by Crippen LogP contribution is -2.37. The van der Waals surface area contributed by atoms with E-state index in [0.29, 0.717) is 19.8 Å². The van der Waals surface area contributed by atoms with Crippen LogP contribution in [0.25, 0.3) is 0 Å². The molecule has 0 saturated carbocycles. The van der Waals surface area contributed by atoms with Gasteiger partial charge in [-0.2, -0.15) is 0 Å². The third-order valence-electron chi connectivity index (χ3n) is 2.67. The predicted molar refractivity (Wildman–Crippen MR) is 94.3 cm³/mol. The van der Waals surface area contributed by atoms with E-state index in [1.165, 1.54) is 0 Å². The van der Waals surface area contributed by atoms with Gasteiger partial charge >= 0.3 is 0 Å². The van der Waals surface area contributed by atoms with Crippen LogP contribution in [0.15, 0.2) is 27.8 Å². The Morgan fingerprint density at radius 3 is 2.76 bits per heavy atom. The van der Waals surface area contributed by atoms with Crippen molar-refractivity contribution in [2.75, 3.05) is 40.5 Å². The predicted octanol–water partition coefficient (Wildman–Crippen LogP) is 2.01. The number of halogens is 1. The van der Waals surface area contributed by atoms with Crippen molar-refractivity contribution >= 4 is 29.9 Å². The van der Waals surface area contributed by atoms with Crippen LogP contribution < -0.4 is 10.6 Å². The van der Waals surface area contributed by atoms with Gasteiger partial charge < -0.3 is 24.5 Å². The van der Waals surface area contributed by atoms with Crippen molar-refractivity contribution < 1.29 is 13.9 Å². The minimum atomic E-state index is 0. The van der Waals surface area contributed by atoms with Crippen LogP contribution in [0.3, 0.4) is 0 Å². The number of hydrogen-bond donors (Lipinski definition) is 2. The fourth-order valence-electron chi connectivity index (χ4n) is 1.58. The summed E-state index contributed by atoms with van der Waals surface area (Å²) >= 11 is 0. The lowest BCUT2D eigenvalue weighted by molar-refractivity contribution is 0.0689. The van der Waals surface area contributed by atoms with Crippen molar-refractivity contribution in [1.29, 1.82) is 0 Å². The van der Waals surface area contributed by atoms with Crippen molar-refractivity contribution in [3.8, 4) is 0 Å². The van der Waals surface area contributed by atoms with Gasteiger partial charge in [-0.25, -0.2) is 0 Å². The van der Waals surface area contributed by atoms with Gasteiger partial charge in [-0.05, 0) is 25.0 Å². The first kappa shape index (κ1) is 20.2. The van der Waals surface area contributed by atoms with Crippen molar-refractivity contribution in [3.63, 3.8) is 0 Å². The lowest BCUT2D eigenvalue weighted by Gasteiger charge is -2.10. The second-order valence-corrected chi connectivity index (χ2v) is 4.24. The Kier molecular flexibility index (Phi) is 13.6. The lowest BCUT2D eigenvalue weighted by atomic mass is 10.3. The smallest absolute Gasteiger partial charge is 0.191 e. The van der Waals surface area contributed by atoms with Crippen LogP contribution in [-0.2, 0) is 16.0 Å². The van der Waals surface area contributed by atoms with Gasteiger partial charge in [-0.3, -0.25) is 4.99 Å². The quantitative estimate of drug-likeness (QED) is 0.267. The van der Waals surface area contributed by atoms with Crippen molar-refractivity contribution in [2.45, 2.75) is 19.4 Å². The highest BCUT2D eigenvalue weighted by molar-refractivity contribution is 14.0. The maximum absolute atomic E-state index is 5.39. The summed E-state index contributed by atoms with van der Waals surface area (Å²) in [5.74, 6) is 1.67. The molecule has 0 unspecified atom stereocenters. The number of methoxy groups -OCH3 is 1. The summed E-state index contributed by atoms with van der Waals surface area (Å²) in [7, 11) is 3.43. The van der Waals surface area contributed by atoms with Crippen LogP contribution in [0.2, 0.25) is 0 Å². The van der Waals surface area contributed by atoms with Gasteiger partial charge in [0, 0.05) is 27.3 Å². The molecule has 1 heterocycles. The van der Waals surface area contributed by atoms with Crippen LogP contribution in [0, 0.1) is 0 Å². The second-order valence-electron chi connectivity index (χ2n) is 4.24. The maximum atomic E-state index is 5.39. The van der Waals surface area contributed by atoms with Crippen molar-refractivity contribution in [1.82, 2.24) is 10.6 Å². The first-order valence-corrected chi connectivity index (χ1v) is 6.90. The molecule has 0 amide bonds. The van der Waals surface area contributed by atoms with Gasteiger partial charge in [-0.15, -0.1) is 24.0 Å². The van der Waals surface area contributed by atoms with Crippen LogP contribution in [0.5, 0.6) is 0 Å². The largest absolute Gasteiger partial charge is 0.467 e. The first-order valence-electron chi connectivity index (χ1n) is 6.90. The monoisotopic (exact) mass is 411 g/mol. The highest BCUT2D eigenvalue weighted by atomic mass is 127. The van der Waals surface area contributed by atoms with E-state index in [1.807, 2.05) is 12.1 Å². The summed E-state index contributed by atoms with van der Waals surface area (Å²) in [5, 5.41) is 6.44. The van der Waals surface area contributed by atoms with E-state index < -0.39 is 0 Å². The zero-order valence-corrected chi connectivity index (χ0v) is 15.1. The van der Waals surface area contributed by atoms with E-state index >= 15 is 0 Å². The molecule has 0 saturated heterocycles. The van der Waals surface area contributed by atoms with Gasteiger partial charge in [0.1, 0.15) is 5.76 Å². The van der Waals surface area contributed by atoms with Gasteiger partial charge in [-0.1, -0.05) is 0 Å². The number of rotatable bonds is 10. The zero-order valence-electron chi connectivity index (χ0n) is 12.8. The molecule has 21 heavy (non-hydrogen) atoms. The molecule has 0 aliphatic heterocycles. The Hall–Kier alpha value is -0.800. The van der Waals surface area contributed by atoms with Crippen LogP contribution in [0.1, 0.15) is 18.6 Å². The zero-order chi connectivity index (χ0) is 14.5. The Labute approximate surface area is 143 Å². The number of hydrogen-bond acceptors (Lipinski definition) is 4. The third kappa shape index (κ3) is 10.6. The van der Waals surface area contributed by atoms with E-state index in [2.05, 4.69) is 15.6 Å². The average molecular weight is 411 g/mol. The molecule has 6 nitrogen and oxygen atoms in total. The average Bonchev–Trinajstić information content (AvgIpc) is 2.98. The van der Waals surface area contributed by atoms with Gasteiger partial charge in [0.15, 0.2) is 5.96 Å². The van der Waals surface area contributed by atoms with Crippen LogP contribution >= 0.6 is 24.0 Å². The molecule has 1 aromatic rings. The highest BCUT2D eigenvalue weighted by Crippen LogP contribution is 1.98. The number of unbranched alkanes of at least 4 members (excludes halogenated alkanes) is 1. The molecule has 7 heteroatoms. The van der Waals surface area contributed by atoms with Crippen molar-refractivity contribution in [2.24, 2.45) is 4.99 Å². The molecule has 1 rings (SSSR count). The second kappa shape index (κ2) is 14.2. The van der Waals surface area contributed by atoms with E-state index in [1.54, 1.807) is 20.4 Å². The third-order valence-corrected chi connectivity index (χ3v) is 2.67. The molecular formula is C14H26IN3O3. The summed E-state index contributed by atoms with van der Waals surface area (Å²) in [6.45, 7) is 3.58. The number of ether oxygens (including phenoxy) is 2. The van der Waals surface area contributed by atoms with E-state index in [4.69, 9.17) is 13.9 Å². The normalized spacial score (nSPS) is 11.0. The number of furan rings is 1. The van der Waals surface area contributed by atoms with E-state index in [9.17, 15) is 0 Å². The van der Waals surface area contributed by atoms with Gasteiger partial charge in [0.2, 0.25) is 0 Å². The SMILES string of the molecule is CN=C(NCCCCOCCOC)NCc1ccco1.I. The Balaban J connectivity index is 0.00000400. The topological polar surface area (TPSA) is 68.0 Å². The molecular weight excluding hydrogens is 385 g/mol. The highest BCUT2D eigenvalue weighted by Gasteiger charge is 1.99. The number of guanidine groups is 1. The summed E-state index contributed by atoms with van der Waals surface area (Å²) in [5.41, 5.74) is 0. The summed E-state index contributed by atoms with van der Waals surface area (Å²) < 4.78 is 15.5. The summed E-state index contributed by atoms with van der Waals surface area (Å²) in [6, 6.07) is 3.80. The summed E-state index contributed by atoms with van der Waals surface area (Å²) in [4.78, 5) is 4.15. The summed E-state index contributed by atoms with van der Waals surface area (Å²) in [6.07, 6.45) is 3.72. The van der Waals surface area contributed by atoms with E-state index in [0.717, 1.165) is 37.7 Å². The molecule has 0 aromatic carbocycles. The Bertz CT molecular complexity index is 358. The van der Waals surface area contributed by atoms with Crippen molar-refractivity contribution in [3.05, 3.63) is 24.2 Å². The standard InChI is InChI=1S/C14H25N3O3.HI/c1-15-14(17-12-13-6-5-9-20-13)16-7-3-4-8-19-11-10-18-2;/h5-6,9H,3-4,7-8,10-12H2,1-2H3,(H2,15,16,17);1H. The van der Waals surface area contributed by atoms with Gasteiger partial charge in [0.05, 0.1) is 26.0 Å². The van der Waals surface area contributed by atoms with Crippen LogP contribution in [0.4, 0.5) is 0 Å². The van der Waals surface area contributed by atoms with E-state index in [-0.39, 0.29) is 24.0 Å². The molecule has 0 bridgehead atoms. The molecule has 0 aliphatic rings. The molecule has 0 spiro atoms.